The van der Waals surface area contributed by atoms with Crippen LogP contribution in [0.15, 0.2) is 83.5 Å². The second kappa shape index (κ2) is 9.92. The molecule has 0 bridgehead atoms. The Hall–Kier alpha value is -3.93. The zero-order chi connectivity index (χ0) is 22.3. The van der Waals surface area contributed by atoms with Crippen LogP contribution in [0, 0.1) is 12.7 Å². The lowest BCUT2D eigenvalue weighted by Gasteiger charge is -2.08. The molecular weight excluding hydrogens is 409 g/mol. The number of halogens is 1. The average molecular weight is 431 g/mol. The molecule has 5 nitrogen and oxygen atoms in total. The van der Waals surface area contributed by atoms with Gasteiger partial charge in [0.05, 0.1) is 13.2 Å². The molecular formula is C26H22FNO4. The smallest absolute Gasteiger partial charge is 0.363 e. The van der Waals surface area contributed by atoms with Gasteiger partial charge < -0.3 is 14.2 Å². The molecule has 4 rings (SSSR count). The zero-order valence-electron chi connectivity index (χ0n) is 17.6. The molecule has 0 unspecified atom stereocenters. The third-order valence-electron chi connectivity index (χ3n) is 4.72. The van der Waals surface area contributed by atoms with Crippen molar-refractivity contribution >= 4 is 17.9 Å². The van der Waals surface area contributed by atoms with Crippen molar-refractivity contribution in [1.82, 2.24) is 0 Å². The molecule has 6 heteroatoms. The van der Waals surface area contributed by atoms with Gasteiger partial charge in [-0.2, -0.15) is 0 Å². The fourth-order valence-electron chi connectivity index (χ4n) is 3.05. The molecule has 0 saturated heterocycles. The Morgan fingerprint density at radius 1 is 0.938 bits per heavy atom. The summed E-state index contributed by atoms with van der Waals surface area (Å²) in [5.41, 5.74) is 2.66. The van der Waals surface area contributed by atoms with Crippen LogP contribution in [0.2, 0.25) is 0 Å². The van der Waals surface area contributed by atoms with E-state index in [9.17, 15) is 9.18 Å². The molecule has 0 radical (unpaired) electrons. The molecule has 0 fully saturated rings. The number of ether oxygens (including phenoxy) is 3. The van der Waals surface area contributed by atoms with E-state index in [-0.39, 0.29) is 17.4 Å². The van der Waals surface area contributed by atoms with Gasteiger partial charge in [-0.3, -0.25) is 0 Å². The standard InChI is InChI=1S/C26H22FNO4/c1-18-6-12-22(13-7-18)30-14-3-15-31-23-5-2-4-19(16-23)17-24-26(29)32-25(28-24)20-8-10-21(27)11-9-20/h2,4-13,16-17H,3,14-15H2,1H3. The molecule has 0 aliphatic carbocycles. The molecule has 0 N–H and O–H groups in total. The number of cyclic esters (lactones) is 1. The first-order valence-electron chi connectivity index (χ1n) is 10.3. The van der Waals surface area contributed by atoms with E-state index >= 15 is 0 Å². The predicted octanol–water partition coefficient (Wildman–Crippen LogP) is 5.33. The molecule has 0 amide bonds. The van der Waals surface area contributed by atoms with Crippen LogP contribution in [0.1, 0.15) is 23.1 Å². The minimum absolute atomic E-state index is 0.155. The third kappa shape index (κ3) is 5.60. The Balaban J connectivity index is 1.33. The Labute approximate surface area is 185 Å². The van der Waals surface area contributed by atoms with Crippen LogP contribution in [0.5, 0.6) is 11.5 Å². The normalized spacial score (nSPS) is 14.2. The highest BCUT2D eigenvalue weighted by Crippen LogP contribution is 2.22. The van der Waals surface area contributed by atoms with Gasteiger partial charge in [-0.1, -0.05) is 29.8 Å². The highest BCUT2D eigenvalue weighted by molar-refractivity contribution is 6.12. The Morgan fingerprint density at radius 2 is 1.66 bits per heavy atom. The van der Waals surface area contributed by atoms with E-state index in [2.05, 4.69) is 4.99 Å². The molecule has 1 aliphatic heterocycles. The van der Waals surface area contributed by atoms with Crippen LogP contribution < -0.4 is 9.47 Å². The Bertz CT molecular complexity index is 1150. The number of carbonyl (C=O) groups is 1. The van der Waals surface area contributed by atoms with E-state index in [1.807, 2.05) is 55.5 Å². The quantitative estimate of drug-likeness (QED) is 0.275. The van der Waals surface area contributed by atoms with Gasteiger partial charge >= 0.3 is 5.97 Å². The molecule has 0 aromatic heterocycles. The summed E-state index contributed by atoms with van der Waals surface area (Å²) in [6, 6.07) is 20.9. The topological polar surface area (TPSA) is 57.1 Å². The van der Waals surface area contributed by atoms with E-state index in [0.717, 1.165) is 17.7 Å². The average Bonchev–Trinajstić information content (AvgIpc) is 3.15. The van der Waals surface area contributed by atoms with Crippen molar-refractivity contribution in [2.75, 3.05) is 13.2 Å². The summed E-state index contributed by atoms with van der Waals surface area (Å²) in [6.07, 6.45) is 2.36. The first-order chi connectivity index (χ1) is 15.6. The van der Waals surface area contributed by atoms with Gasteiger partial charge in [0.15, 0.2) is 5.70 Å². The maximum atomic E-state index is 13.1. The van der Waals surface area contributed by atoms with Gasteiger partial charge in [0.25, 0.3) is 0 Å². The minimum Gasteiger partial charge on any atom is -0.493 e. The fourth-order valence-corrected chi connectivity index (χ4v) is 3.05. The monoisotopic (exact) mass is 431 g/mol. The lowest BCUT2D eigenvalue weighted by molar-refractivity contribution is -0.129. The highest BCUT2D eigenvalue weighted by atomic mass is 19.1. The molecule has 1 heterocycles. The fraction of sp³-hybridized carbons (Fsp3) is 0.154. The van der Waals surface area contributed by atoms with Crippen molar-refractivity contribution in [3.8, 4) is 11.5 Å². The molecule has 1 aliphatic rings. The van der Waals surface area contributed by atoms with Crippen molar-refractivity contribution in [2.45, 2.75) is 13.3 Å². The maximum absolute atomic E-state index is 13.1. The summed E-state index contributed by atoms with van der Waals surface area (Å²) in [7, 11) is 0. The predicted molar refractivity (Wildman–Crippen MR) is 120 cm³/mol. The molecule has 0 spiro atoms. The zero-order valence-corrected chi connectivity index (χ0v) is 17.6. The number of benzene rings is 3. The van der Waals surface area contributed by atoms with Gasteiger partial charge in [0, 0.05) is 12.0 Å². The van der Waals surface area contributed by atoms with Gasteiger partial charge in [-0.05, 0) is 67.1 Å². The van der Waals surface area contributed by atoms with E-state index in [1.54, 1.807) is 6.08 Å². The summed E-state index contributed by atoms with van der Waals surface area (Å²) in [5, 5.41) is 0. The molecule has 0 atom stereocenters. The van der Waals surface area contributed by atoms with Crippen molar-refractivity contribution in [3.05, 3.63) is 101 Å². The number of hydrogen-bond donors (Lipinski definition) is 0. The van der Waals surface area contributed by atoms with Gasteiger partial charge in [-0.25, -0.2) is 14.2 Å². The van der Waals surface area contributed by atoms with Crippen LogP contribution in [0.4, 0.5) is 4.39 Å². The second-order valence-electron chi connectivity index (χ2n) is 7.28. The minimum atomic E-state index is -0.552. The summed E-state index contributed by atoms with van der Waals surface area (Å²) in [5.74, 6) is 0.760. The van der Waals surface area contributed by atoms with Crippen LogP contribution in [-0.2, 0) is 9.53 Å². The van der Waals surface area contributed by atoms with Crippen molar-refractivity contribution in [2.24, 2.45) is 4.99 Å². The highest BCUT2D eigenvalue weighted by Gasteiger charge is 2.24. The van der Waals surface area contributed by atoms with Crippen LogP contribution in [0.25, 0.3) is 6.08 Å². The summed E-state index contributed by atoms with van der Waals surface area (Å²) in [6.45, 7) is 3.09. The number of aryl methyl sites for hydroxylation is 1. The second-order valence-corrected chi connectivity index (χ2v) is 7.28. The van der Waals surface area contributed by atoms with Crippen molar-refractivity contribution in [3.63, 3.8) is 0 Å². The number of esters is 1. The van der Waals surface area contributed by atoms with Crippen LogP contribution in [-0.4, -0.2) is 25.1 Å². The number of aliphatic imine (C=N–C) groups is 1. The van der Waals surface area contributed by atoms with Crippen LogP contribution in [0.3, 0.4) is 0 Å². The maximum Gasteiger partial charge on any atom is 0.363 e. The lowest BCUT2D eigenvalue weighted by Crippen LogP contribution is -2.05. The van der Waals surface area contributed by atoms with Gasteiger partial charge in [0.2, 0.25) is 5.90 Å². The third-order valence-corrected chi connectivity index (χ3v) is 4.72. The largest absolute Gasteiger partial charge is 0.493 e. The first-order valence-corrected chi connectivity index (χ1v) is 10.3. The van der Waals surface area contributed by atoms with Crippen molar-refractivity contribution in [1.29, 1.82) is 0 Å². The van der Waals surface area contributed by atoms with E-state index < -0.39 is 5.97 Å². The summed E-state index contributed by atoms with van der Waals surface area (Å²) < 4.78 is 29.8. The SMILES string of the molecule is Cc1ccc(OCCCOc2cccc(C=C3N=C(c4ccc(F)cc4)OC3=O)c2)cc1. The Morgan fingerprint density at radius 3 is 2.41 bits per heavy atom. The van der Waals surface area contributed by atoms with E-state index in [0.29, 0.717) is 24.5 Å². The first kappa shape index (κ1) is 21.3. The molecule has 0 saturated carbocycles. The number of rotatable bonds is 8. The molecule has 162 valence electrons. The van der Waals surface area contributed by atoms with Gasteiger partial charge in [0.1, 0.15) is 17.3 Å². The van der Waals surface area contributed by atoms with E-state index in [4.69, 9.17) is 14.2 Å². The Kier molecular flexibility index (Phi) is 6.60. The van der Waals surface area contributed by atoms with E-state index in [1.165, 1.54) is 29.8 Å². The molecule has 32 heavy (non-hydrogen) atoms. The number of nitrogens with zero attached hydrogens (tertiary/aromatic N) is 1. The molecule has 3 aromatic rings. The van der Waals surface area contributed by atoms with Crippen LogP contribution >= 0.6 is 0 Å². The molecule has 3 aromatic carbocycles. The number of carbonyl (C=O) groups excluding carboxylic acids is 1. The lowest BCUT2D eigenvalue weighted by atomic mass is 10.2. The number of hydrogen-bond acceptors (Lipinski definition) is 5. The van der Waals surface area contributed by atoms with Crippen molar-refractivity contribution < 1.29 is 23.4 Å². The summed E-state index contributed by atoms with van der Waals surface area (Å²) in [4.78, 5) is 16.4. The summed E-state index contributed by atoms with van der Waals surface area (Å²) >= 11 is 0. The van der Waals surface area contributed by atoms with Gasteiger partial charge in [-0.15, -0.1) is 0 Å².